The number of guanidine groups is 1. The zero-order valence-corrected chi connectivity index (χ0v) is 15.1. The van der Waals surface area contributed by atoms with E-state index in [1.54, 1.807) is 19.0 Å². The van der Waals surface area contributed by atoms with Crippen LogP contribution in [-0.4, -0.2) is 44.0 Å². The van der Waals surface area contributed by atoms with Gasteiger partial charge in [-0.3, -0.25) is 4.79 Å². The summed E-state index contributed by atoms with van der Waals surface area (Å²) in [7, 11) is 3.52. The Bertz CT molecular complexity index is 547. The van der Waals surface area contributed by atoms with Crippen LogP contribution in [0.2, 0.25) is 0 Å². The van der Waals surface area contributed by atoms with E-state index < -0.39 is 0 Å². The molecule has 0 aromatic heterocycles. The molecule has 0 saturated heterocycles. The minimum absolute atomic E-state index is 0.0238. The molecule has 0 bridgehead atoms. The van der Waals surface area contributed by atoms with E-state index in [9.17, 15) is 4.79 Å². The number of amides is 1. The molecule has 1 aromatic carbocycles. The lowest BCUT2D eigenvalue weighted by atomic mass is 10.1. The number of benzene rings is 1. The number of rotatable bonds is 8. The van der Waals surface area contributed by atoms with Crippen molar-refractivity contribution in [3.63, 3.8) is 0 Å². The van der Waals surface area contributed by atoms with E-state index in [1.807, 2.05) is 24.3 Å². The van der Waals surface area contributed by atoms with Crippen molar-refractivity contribution in [1.29, 1.82) is 0 Å². The monoisotopic (exact) mass is 330 g/mol. The summed E-state index contributed by atoms with van der Waals surface area (Å²) in [6.07, 6.45) is 5.37. The average molecular weight is 330 g/mol. The lowest BCUT2D eigenvalue weighted by Gasteiger charge is -2.12. The molecule has 132 valence electrons. The van der Waals surface area contributed by atoms with E-state index in [-0.39, 0.29) is 5.91 Å². The molecular formula is C19H30N4O. The molecule has 1 aromatic rings. The fourth-order valence-electron chi connectivity index (χ4n) is 2.53. The van der Waals surface area contributed by atoms with Crippen molar-refractivity contribution in [2.75, 3.05) is 27.2 Å². The minimum atomic E-state index is 0.0238. The number of hydrogen-bond acceptors (Lipinski definition) is 2. The minimum Gasteiger partial charge on any atom is -0.357 e. The van der Waals surface area contributed by atoms with Crippen molar-refractivity contribution in [2.24, 2.45) is 10.9 Å². The van der Waals surface area contributed by atoms with Gasteiger partial charge >= 0.3 is 0 Å². The van der Waals surface area contributed by atoms with Crippen LogP contribution < -0.4 is 10.6 Å². The van der Waals surface area contributed by atoms with Crippen LogP contribution in [-0.2, 0) is 6.54 Å². The van der Waals surface area contributed by atoms with E-state index in [0.717, 1.165) is 30.5 Å². The van der Waals surface area contributed by atoms with Gasteiger partial charge in [0.15, 0.2) is 5.96 Å². The number of carbonyl (C=O) groups is 1. The third-order valence-corrected chi connectivity index (χ3v) is 4.15. The van der Waals surface area contributed by atoms with E-state index in [0.29, 0.717) is 12.1 Å². The molecule has 0 atom stereocenters. The number of aliphatic imine (C=N–C) groups is 1. The van der Waals surface area contributed by atoms with Crippen molar-refractivity contribution in [3.05, 3.63) is 35.4 Å². The maximum absolute atomic E-state index is 11.9. The van der Waals surface area contributed by atoms with Crippen molar-refractivity contribution >= 4 is 11.9 Å². The molecule has 5 nitrogen and oxygen atoms in total. The largest absolute Gasteiger partial charge is 0.357 e. The smallest absolute Gasteiger partial charge is 0.253 e. The molecule has 1 saturated carbocycles. The molecule has 24 heavy (non-hydrogen) atoms. The maximum atomic E-state index is 11.9. The first kappa shape index (κ1) is 18.3. The van der Waals surface area contributed by atoms with Gasteiger partial charge in [0.2, 0.25) is 0 Å². The summed E-state index contributed by atoms with van der Waals surface area (Å²) in [5, 5.41) is 6.68. The van der Waals surface area contributed by atoms with Gasteiger partial charge in [-0.15, -0.1) is 0 Å². The summed E-state index contributed by atoms with van der Waals surface area (Å²) < 4.78 is 0. The molecule has 1 fully saturated rings. The van der Waals surface area contributed by atoms with Gasteiger partial charge < -0.3 is 15.5 Å². The second-order valence-corrected chi connectivity index (χ2v) is 6.60. The summed E-state index contributed by atoms with van der Waals surface area (Å²) in [5.74, 6) is 1.87. The average Bonchev–Trinajstić information content (AvgIpc) is 3.40. The van der Waals surface area contributed by atoms with Gasteiger partial charge in [-0.05, 0) is 43.4 Å². The molecule has 1 amide bonds. The van der Waals surface area contributed by atoms with Gasteiger partial charge in [-0.1, -0.05) is 25.0 Å². The second kappa shape index (κ2) is 9.30. The number of nitrogens with zero attached hydrogens (tertiary/aromatic N) is 2. The van der Waals surface area contributed by atoms with Gasteiger partial charge in [0.25, 0.3) is 5.91 Å². The Morgan fingerprint density at radius 2 is 1.92 bits per heavy atom. The first-order valence-electron chi connectivity index (χ1n) is 8.93. The van der Waals surface area contributed by atoms with E-state index in [2.05, 4.69) is 22.5 Å². The molecule has 0 heterocycles. The highest BCUT2D eigenvalue weighted by atomic mass is 16.2. The summed E-state index contributed by atoms with van der Waals surface area (Å²) >= 11 is 0. The maximum Gasteiger partial charge on any atom is 0.253 e. The Balaban J connectivity index is 1.83. The van der Waals surface area contributed by atoms with E-state index in [1.165, 1.54) is 25.7 Å². The van der Waals surface area contributed by atoms with Crippen molar-refractivity contribution in [3.8, 4) is 0 Å². The summed E-state index contributed by atoms with van der Waals surface area (Å²) in [6, 6.07) is 7.67. The summed E-state index contributed by atoms with van der Waals surface area (Å²) in [6.45, 7) is 4.50. The number of hydrogen-bond donors (Lipinski definition) is 2. The first-order chi connectivity index (χ1) is 11.6. The molecule has 2 N–H and O–H groups in total. The highest BCUT2D eigenvalue weighted by molar-refractivity contribution is 5.93. The van der Waals surface area contributed by atoms with Crippen molar-refractivity contribution in [2.45, 2.75) is 39.2 Å². The molecular weight excluding hydrogens is 300 g/mol. The normalized spacial score (nSPS) is 14.4. The Labute approximate surface area is 145 Å². The quantitative estimate of drug-likeness (QED) is 0.438. The van der Waals surface area contributed by atoms with Crippen LogP contribution in [0.5, 0.6) is 0 Å². The number of nitrogens with one attached hydrogen (secondary N) is 2. The van der Waals surface area contributed by atoms with Crippen LogP contribution >= 0.6 is 0 Å². The van der Waals surface area contributed by atoms with Gasteiger partial charge in [-0.25, -0.2) is 4.99 Å². The fraction of sp³-hybridized carbons (Fsp3) is 0.579. The summed E-state index contributed by atoms with van der Waals surface area (Å²) in [5.41, 5.74) is 1.80. The second-order valence-electron chi connectivity index (χ2n) is 6.60. The van der Waals surface area contributed by atoms with Crippen LogP contribution in [0.1, 0.15) is 48.5 Å². The molecule has 2 rings (SSSR count). The Morgan fingerprint density at radius 3 is 2.50 bits per heavy atom. The number of carbonyl (C=O) groups excluding carboxylic acids is 1. The highest BCUT2D eigenvalue weighted by Crippen LogP contribution is 2.33. The zero-order chi connectivity index (χ0) is 17.4. The zero-order valence-electron chi connectivity index (χ0n) is 15.1. The predicted octanol–water partition coefficient (Wildman–Crippen LogP) is 2.63. The predicted molar refractivity (Wildman–Crippen MR) is 99.2 cm³/mol. The fourth-order valence-corrected chi connectivity index (χ4v) is 2.53. The van der Waals surface area contributed by atoms with Crippen LogP contribution in [0, 0.1) is 5.92 Å². The van der Waals surface area contributed by atoms with Crippen molar-refractivity contribution in [1.82, 2.24) is 15.5 Å². The van der Waals surface area contributed by atoms with Gasteiger partial charge in [0, 0.05) is 32.7 Å². The van der Waals surface area contributed by atoms with Gasteiger partial charge in [0.05, 0.1) is 6.54 Å². The molecule has 1 aliphatic carbocycles. The SMILES string of the molecule is CCNC(=NCc1ccc(C(=O)N(C)C)cc1)NCCCC1CC1. The van der Waals surface area contributed by atoms with Gasteiger partial charge in [-0.2, -0.15) is 0 Å². The van der Waals surface area contributed by atoms with Crippen LogP contribution in [0.15, 0.2) is 29.3 Å². The Morgan fingerprint density at radius 1 is 1.21 bits per heavy atom. The van der Waals surface area contributed by atoms with Crippen LogP contribution in [0.25, 0.3) is 0 Å². The third-order valence-electron chi connectivity index (χ3n) is 4.15. The Hall–Kier alpha value is -2.04. The van der Waals surface area contributed by atoms with Crippen molar-refractivity contribution < 1.29 is 4.79 Å². The topological polar surface area (TPSA) is 56.7 Å². The molecule has 0 radical (unpaired) electrons. The van der Waals surface area contributed by atoms with Crippen LogP contribution in [0.4, 0.5) is 0 Å². The standard InChI is InChI=1S/C19H30N4O/c1-4-20-19(21-13-5-6-15-7-8-15)22-14-16-9-11-17(12-10-16)18(24)23(2)3/h9-12,15H,4-8,13-14H2,1-3H3,(H2,20,21,22). The first-order valence-corrected chi connectivity index (χ1v) is 8.93. The highest BCUT2D eigenvalue weighted by Gasteiger charge is 2.19. The van der Waals surface area contributed by atoms with E-state index in [4.69, 9.17) is 0 Å². The lowest BCUT2D eigenvalue weighted by Crippen LogP contribution is -2.37. The lowest BCUT2D eigenvalue weighted by molar-refractivity contribution is 0.0827. The van der Waals surface area contributed by atoms with Crippen LogP contribution in [0.3, 0.4) is 0 Å². The molecule has 1 aliphatic rings. The summed E-state index contributed by atoms with van der Waals surface area (Å²) in [4.78, 5) is 18.1. The van der Waals surface area contributed by atoms with E-state index >= 15 is 0 Å². The van der Waals surface area contributed by atoms with Gasteiger partial charge in [0.1, 0.15) is 0 Å². The molecule has 0 unspecified atom stereocenters. The molecule has 0 aliphatic heterocycles. The molecule has 5 heteroatoms. The molecule has 0 spiro atoms. The third kappa shape index (κ3) is 6.22. The Kier molecular flexibility index (Phi) is 7.09.